The Balaban J connectivity index is 1.40. The van der Waals surface area contributed by atoms with Crippen LogP contribution in [0.1, 0.15) is 31.2 Å². The van der Waals surface area contributed by atoms with Crippen molar-refractivity contribution in [1.82, 2.24) is 24.6 Å². The summed E-state index contributed by atoms with van der Waals surface area (Å²) in [5, 5.41) is 18.0. The van der Waals surface area contributed by atoms with Crippen molar-refractivity contribution < 1.29 is 13.9 Å². The molecule has 4 aromatic rings. The van der Waals surface area contributed by atoms with Crippen LogP contribution in [-0.2, 0) is 6.42 Å². The third kappa shape index (κ3) is 4.93. The van der Waals surface area contributed by atoms with Crippen molar-refractivity contribution in [2.45, 2.75) is 45.3 Å². The van der Waals surface area contributed by atoms with Crippen LogP contribution in [0.4, 0.5) is 20.5 Å². The second-order valence-electron chi connectivity index (χ2n) is 9.01. The Kier molecular flexibility index (Phi) is 6.29. The summed E-state index contributed by atoms with van der Waals surface area (Å²) < 4.78 is 29.1. The van der Waals surface area contributed by atoms with Crippen LogP contribution in [-0.4, -0.2) is 54.9 Å². The average Bonchev–Trinajstić information content (AvgIpc) is 3.25. The van der Waals surface area contributed by atoms with Gasteiger partial charge in [0.05, 0.1) is 6.10 Å². The summed E-state index contributed by atoms with van der Waals surface area (Å²) >= 11 is 0. The summed E-state index contributed by atoms with van der Waals surface area (Å²) in [4.78, 5) is 15.5. The maximum Gasteiger partial charge on any atom is 0.243 e. The van der Waals surface area contributed by atoms with Crippen molar-refractivity contribution in [2.75, 3.05) is 23.3 Å². The first-order valence-electron chi connectivity index (χ1n) is 11.7. The van der Waals surface area contributed by atoms with Crippen molar-refractivity contribution >= 4 is 17.4 Å². The Morgan fingerprint density at radius 1 is 1.09 bits per heavy atom. The van der Waals surface area contributed by atoms with E-state index in [1.807, 2.05) is 19.1 Å². The molecule has 1 saturated heterocycles. The number of piperidine rings is 1. The summed E-state index contributed by atoms with van der Waals surface area (Å²) in [7, 11) is 0. The number of halogens is 2. The molecule has 0 spiro atoms. The molecule has 10 heteroatoms. The van der Waals surface area contributed by atoms with Gasteiger partial charge in [0.25, 0.3) is 0 Å². The minimum absolute atomic E-state index is 0.179. The number of rotatable bonds is 6. The van der Waals surface area contributed by atoms with Crippen LogP contribution in [0.5, 0.6) is 0 Å². The van der Waals surface area contributed by atoms with E-state index >= 15 is 0 Å². The van der Waals surface area contributed by atoms with Crippen molar-refractivity contribution in [3.05, 3.63) is 65.7 Å². The highest BCUT2D eigenvalue weighted by Crippen LogP contribution is 2.28. The number of benzene rings is 1. The SMILES string of the molecule is Cc1cc(N2CCC(Nc3nc4c(-c5ccc(F)c(F)c5)ccc(CC(C)O)n4n3)CC2)ncn1. The zero-order valence-corrected chi connectivity index (χ0v) is 19.6. The van der Waals surface area contributed by atoms with Gasteiger partial charge >= 0.3 is 0 Å². The summed E-state index contributed by atoms with van der Waals surface area (Å²) in [6.45, 7) is 5.34. The van der Waals surface area contributed by atoms with E-state index in [0.29, 0.717) is 29.1 Å². The molecular weight excluding hydrogens is 452 g/mol. The summed E-state index contributed by atoms with van der Waals surface area (Å²) in [6, 6.07) is 9.59. The Hall–Kier alpha value is -3.66. The number of aromatic nitrogens is 5. The molecule has 1 aromatic carbocycles. The van der Waals surface area contributed by atoms with Crippen LogP contribution >= 0.6 is 0 Å². The third-order valence-electron chi connectivity index (χ3n) is 6.24. The van der Waals surface area contributed by atoms with Crippen LogP contribution in [0.3, 0.4) is 0 Å². The molecule has 0 radical (unpaired) electrons. The molecule has 4 heterocycles. The molecule has 1 aliphatic heterocycles. The number of nitrogens with one attached hydrogen (secondary N) is 1. The second kappa shape index (κ2) is 9.53. The van der Waals surface area contributed by atoms with Gasteiger partial charge in [-0.15, -0.1) is 5.10 Å². The van der Waals surface area contributed by atoms with Crippen LogP contribution in [0.15, 0.2) is 42.7 Å². The van der Waals surface area contributed by atoms with Gasteiger partial charge in [0, 0.05) is 48.6 Å². The predicted octanol–water partition coefficient (Wildman–Crippen LogP) is 3.78. The lowest BCUT2D eigenvalue weighted by atomic mass is 10.1. The molecule has 1 aliphatic rings. The smallest absolute Gasteiger partial charge is 0.243 e. The molecule has 0 aliphatic carbocycles. The molecule has 5 rings (SSSR count). The van der Waals surface area contributed by atoms with Crippen LogP contribution in [0.25, 0.3) is 16.8 Å². The maximum atomic E-state index is 13.9. The summed E-state index contributed by atoms with van der Waals surface area (Å²) in [5.41, 5.74) is 3.37. The van der Waals surface area contributed by atoms with E-state index in [2.05, 4.69) is 25.3 Å². The first kappa shape index (κ1) is 23.1. The number of aliphatic hydroxyl groups excluding tert-OH is 1. The fraction of sp³-hybridized carbons (Fsp3) is 0.360. The van der Waals surface area contributed by atoms with Gasteiger partial charge in [-0.2, -0.15) is 4.98 Å². The molecule has 0 bridgehead atoms. The first-order valence-corrected chi connectivity index (χ1v) is 11.7. The number of hydrogen-bond acceptors (Lipinski definition) is 7. The van der Waals surface area contributed by atoms with Crippen LogP contribution < -0.4 is 10.2 Å². The number of anilines is 2. The van der Waals surface area contributed by atoms with Gasteiger partial charge in [0.15, 0.2) is 17.3 Å². The Labute approximate surface area is 201 Å². The van der Waals surface area contributed by atoms with E-state index in [1.165, 1.54) is 6.07 Å². The standard InChI is InChI=1S/C25H27F2N7O/c1-15-11-23(29-14-28-15)33-9-7-18(8-10-33)30-25-31-24-20(17-3-6-21(26)22(27)13-17)5-4-19(12-16(2)35)34(24)32-25/h3-6,11,13-14,16,18,35H,7-10,12H2,1-2H3,(H,30,32). The molecule has 1 unspecified atom stereocenters. The number of pyridine rings is 1. The molecule has 1 fully saturated rings. The molecule has 0 saturated carbocycles. The third-order valence-corrected chi connectivity index (χ3v) is 6.24. The first-order chi connectivity index (χ1) is 16.9. The molecule has 8 nitrogen and oxygen atoms in total. The zero-order valence-electron chi connectivity index (χ0n) is 19.6. The fourth-order valence-corrected chi connectivity index (χ4v) is 4.47. The van der Waals surface area contributed by atoms with Gasteiger partial charge in [0.2, 0.25) is 5.95 Å². The number of hydrogen-bond donors (Lipinski definition) is 2. The largest absolute Gasteiger partial charge is 0.393 e. The van der Waals surface area contributed by atoms with Gasteiger partial charge in [-0.1, -0.05) is 6.07 Å². The van der Waals surface area contributed by atoms with E-state index in [1.54, 1.807) is 23.8 Å². The van der Waals surface area contributed by atoms with Crippen molar-refractivity contribution in [1.29, 1.82) is 0 Å². The lowest BCUT2D eigenvalue weighted by Gasteiger charge is -2.32. The van der Waals surface area contributed by atoms with Crippen molar-refractivity contribution in [3.8, 4) is 11.1 Å². The highest BCUT2D eigenvalue weighted by Gasteiger charge is 2.22. The van der Waals surface area contributed by atoms with E-state index in [4.69, 9.17) is 4.98 Å². The molecule has 182 valence electrons. The van der Waals surface area contributed by atoms with Crippen LogP contribution in [0.2, 0.25) is 0 Å². The quantitative estimate of drug-likeness (QED) is 0.435. The van der Waals surface area contributed by atoms with Crippen molar-refractivity contribution in [3.63, 3.8) is 0 Å². The lowest BCUT2D eigenvalue weighted by molar-refractivity contribution is 0.193. The Morgan fingerprint density at radius 2 is 1.89 bits per heavy atom. The minimum atomic E-state index is -0.919. The van der Waals surface area contributed by atoms with E-state index < -0.39 is 17.7 Å². The van der Waals surface area contributed by atoms with Gasteiger partial charge in [-0.25, -0.2) is 23.3 Å². The minimum Gasteiger partial charge on any atom is -0.393 e. The zero-order chi connectivity index (χ0) is 24.5. The van der Waals surface area contributed by atoms with Gasteiger partial charge in [-0.05, 0) is 56.5 Å². The highest BCUT2D eigenvalue weighted by molar-refractivity contribution is 5.78. The van der Waals surface area contributed by atoms with Gasteiger partial charge in [-0.3, -0.25) is 0 Å². The molecule has 35 heavy (non-hydrogen) atoms. The van der Waals surface area contributed by atoms with Crippen LogP contribution in [0, 0.1) is 18.6 Å². The summed E-state index contributed by atoms with van der Waals surface area (Å²) in [6.07, 6.45) is 3.17. The average molecular weight is 480 g/mol. The number of aryl methyl sites for hydroxylation is 1. The molecule has 2 N–H and O–H groups in total. The van der Waals surface area contributed by atoms with Gasteiger partial charge < -0.3 is 15.3 Å². The number of fused-ring (bicyclic) bond motifs is 1. The van der Waals surface area contributed by atoms with E-state index in [0.717, 1.165) is 55.3 Å². The van der Waals surface area contributed by atoms with Crippen molar-refractivity contribution in [2.24, 2.45) is 0 Å². The molecule has 3 aromatic heterocycles. The Bertz CT molecular complexity index is 1350. The number of nitrogens with zero attached hydrogens (tertiary/aromatic N) is 6. The molecular formula is C25H27F2N7O. The second-order valence-corrected chi connectivity index (χ2v) is 9.01. The van der Waals surface area contributed by atoms with Gasteiger partial charge in [0.1, 0.15) is 12.1 Å². The van der Waals surface area contributed by atoms with E-state index in [9.17, 15) is 13.9 Å². The number of aliphatic hydroxyl groups is 1. The maximum absolute atomic E-state index is 13.9. The fourth-order valence-electron chi connectivity index (χ4n) is 4.47. The lowest BCUT2D eigenvalue weighted by Crippen LogP contribution is -2.39. The normalized spacial score (nSPS) is 15.5. The van der Waals surface area contributed by atoms with E-state index in [-0.39, 0.29) is 6.04 Å². The predicted molar refractivity (Wildman–Crippen MR) is 129 cm³/mol. The Morgan fingerprint density at radius 3 is 2.60 bits per heavy atom. The molecule has 0 amide bonds. The monoisotopic (exact) mass is 479 g/mol. The topological polar surface area (TPSA) is 91.5 Å². The highest BCUT2D eigenvalue weighted by atomic mass is 19.2. The molecule has 1 atom stereocenters. The summed E-state index contributed by atoms with van der Waals surface area (Å²) in [5.74, 6) is -0.427.